The van der Waals surface area contributed by atoms with Crippen molar-refractivity contribution in [3.05, 3.63) is 11.8 Å². The Bertz CT molecular complexity index is 330. The maximum Gasteiger partial charge on any atom is 0.216 e. The van der Waals surface area contributed by atoms with Crippen LogP contribution in [0.5, 0.6) is 5.88 Å². The summed E-state index contributed by atoms with van der Waals surface area (Å²) in [5, 5.41) is 7.73. The standard InChI is InChI=1S/C10H15N3O/c1-2-9(3-1)13-10-8(7-12-13)6-11-4-5-14-10/h7,9,11H,1-6H2. The molecule has 1 saturated carbocycles. The third-order valence-corrected chi connectivity index (χ3v) is 3.07. The fourth-order valence-electron chi connectivity index (χ4n) is 2.00. The van der Waals surface area contributed by atoms with Gasteiger partial charge in [0, 0.05) is 18.7 Å². The van der Waals surface area contributed by atoms with Crippen molar-refractivity contribution >= 4 is 0 Å². The molecule has 0 radical (unpaired) electrons. The minimum atomic E-state index is 0.594. The van der Waals surface area contributed by atoms with Crippen LogP contribution in [0.4, 0.5) is 0 Å². The van der Waals surface area contributed by atoms with Crippen molar-refractivity contribution in [3.8, 4) is 5.88 Å². The van der Waals surface area contributed by atoms with Gasteiger partial charge >= 0.3 is 0 Å². The highest BCUT2D eigenvalue weighted by Crippen LogP contribution is 2.35. The van der Waals surface area contributed by atoms with Crippen LogP contribution in [0.1, 0.15) is 30.9 Å². The molecule has 0 unspecified atom stereocenters. The minimum absolute atomic E-state index is 0.594. The van der Waals surface area contributed by atoms with Crippen LogP contribution in [0, 0.1) is 0 Å². The van der Waals surface area contributed by atoms with Gasteiger partial charge in [-0.3, -0.25) is 0 Å². The molecule has 3 rings (SSSR count). The largest absolute Gasteiger partial charge is 0.476 e. The fraction of sp³-hybridized carbons (Fsp3) is 0.700. The second-order valence-electron chi connectivity index (χ2n) is 4.03. The molecule has 0 atom stereocenters. The smallest absolute Gasteiger partial charge is 0.216 e. The Kier molecular flexibility index (Phi) is 1.94. The number of fused-ring (bicyclic) bond motifs is 1. The minimum Gasteiger partial charge on any atom is -0.476 e. The van der Waals surface area contributed by atoms with Crippen LogP contribution in [0.3, 0.4) is 0 Å². The van der Waals surface area contributed by atoms with E-state index in [1.165, 1.54) is 24.8 Å². The summed E-state index contributed by atoms with van der Waals surface area (Å²) in [5.41, 5.74) is 1.20. The quantitative estimate of drug-likeness (QED) is 0.725. The second-order valence-corrected chi connectivity index (χ2v) is 4.03. The zero-order valence-electron chi connectivity index (χ0n) is 8.20. The molecule has 1 aromatic heterocycles. The molecule has 0 amide bonds. The van der Waals surface area contributed by atoms with E-state index in [4.69, 9.17) is 4.74 Å². The summed E-state index contributed by atoms with van der Waals surface area (Å²) in [6.45, 7) is 2.58. The number of ether oxygens (including phenoxy) is 1. The molecule has 4 heteroatoms. The number of nitrogens with zero attached hydrogens (tertiary/aromatic N) is 2. The van der Waals surface area contributed by atoms with Crippen LogP contribution >= 0.6 is 0 Å². The van der Waals surface area contributed by atoms with Gasteiger partial charge < -0.3 is 10.1 Å². The van der Waals surface area contributed by atoms with E-state index in [1.54, 1.807) is 0 Å². The van der Waals surface area contributed by atoms with Gasteiger partial charge in [0.15, 0.2) is 0 Å². The van der Waals surface area contributed by atoms with Crippen molar-refractivity contribution in [2.75, 3.05) is 13.2 Å². The average molecular weight is 193 g/mol. The Balaban J connectivity index is 1.92. The van der Waals surface area contributed by atoms with Crippen LogP contribution in [0.25, 0.3) is 0 Å². The Morgan fingerprint density at radius 2 is 2.43 bits per heavy atom. The zero-order chi connectivity index (χ0) is 9.38. The van der Waals surface area contributed by atoms with Gasteiger partial charge in [0.05, 0.1) is 12.2 Å². The van der Waals surface area contributed by atoms with Gasteiger partial charge in [-0.05, 0) is 19.3 Å². The molecule has 1 aliphatic carbocycles. The van der Waals surface area contributed by atoms with Crippen LogP contribution in [-0.4, -0.2) is 22.9 Å². The molecule has 0 saturated heterocycles. The molecule has 0 bridgehead atoms. The average Bonchev–Trinajstić information content (AvgIpc) is 2.36. The first-order chi connectivity index (χ1) is 6.95. The normalized spacial score (nSPS) is 22.0. The number of rotatable bonds is 1. The Morgan fingerprint density at radius 3 is 3.21 bits per heavy atom. The van der Waals surface area contributed by atoms with E-state index in [9.17, 15) is 0 Å². The zero-order valence-corrected chi connectivity index (χ0v) is 8.20. The molecule has 0 spiro atoms. The van der Waals surface area contributed by atoms with Crippen LogP contribution in [0.2, 0.25) is 0 Å². The summed E-state index contributed by atoms with van der Waals surface area (Å²) in [5.74, 6) is 1.000. The lowest BCUT2D eigenvalue weighted by molar-refractivity contribution is 0.229. The summed E-state index contributed by atoms with van der Waals surface area (Å²) in [7, 11) is 0. The maximum absolute atomic E-state index is 5.71. The van der Waals surface area contributed by atoms with Crippen LogP contribution in [0.15, 0.2) is 6.20 Å². The van der Waals surface area contributed by atoms with Gasteiger partial charge in [0.25, 0.3) is 0 Å². The summed E-state index contributed by atoms with van der Waals surface area (Å²) in [6, 6.07) is 0.594. The first-order valence-corrected chi connectivity index (χ1v) is 5.35. The summed E-state index contributed by atoms with van der Waals surface area (Å²) < 4.78 is 7.79. The van der Waals surface area contributed by atoms with Gasteiger partial charge in [0.2, 0.25) is 5.88 Å². The summed E-state index contributed by atoms with van der Waals surface area (Å²) in [6.07, 6.45) is 5.78. The van der Waals surface area contributed by atoms with Gasteiger partial charge in [0.1, 0.15) is 6.61 Å². The van der Waals surface area contributed by atoms with E-state index in [1.807, 2.05) is 6.20 Å². The highest BCUT2D eigenvalue weighted by Gasteiger charge is 2.25. The molecule has 4 nitrogen and oxygen atoms in total. The Hall–Kier alpha value is -1.03. The molecule has 14 heavy (non-hydrogen) atoms. The van der Waals surface area contributed by atoms with E-state index < -0.39 is 0 Å². The van der Waals surface area contributed by atoms with Crippen molar-refractivity contribution in [1.82, 2.24) is 15.1 Å². The van der Waals surface area contributed by atoms with Crippen molar-refractivity contribution < 1.29 is 4.74 Å². The van der Waals surface area contributed by atoms with E-state index in [0.29, 0.717) is 6.04 Å². The molecule has 2 heterocycles. The van der Waals surface area contributed by atoms with Gasteiger partial charge in [-0.1, -0.05) is 0 Å². The van der Waals surface area contributed by atoms with E-state index in [-0.39, 0.29) is 0 Å². The predicted octanol–water partition coefficient (Wildman–Crippen LogP) is 1.09. The lowest BCUT2D eigenvalue weighted by atomic mass is 9.93. The highest BCUT2D eigenvalue weighted by molar-refractivity contribution is 5.25. The number of hydrogen-bond acceptors (Lipinski definition) is 3. The first kappa shape index (κ1) is 8.29. The third kappa shape index (κ3) is 1.21. The Labute approximate surface area is 83.2 Å². The number of hydrogen-bond donors (Lipinski definition) is 1. The molecule has 2 aliphatic rings. The van der Waals surface area contributed by atoms with Gasteiger partial charge in [-0.15, -0.1) is 0 Å². The highest BCUT2D eigenvalue weighted by atomic mass is 16.5. The topological polar surface area (TPSA) is 39.1 Å². The summed E-state index contributed by atoms with van der Waals surface area (Å²) >= 11 is 0. The van der Waals surface area contributed by atoms with Crippen molar-refractivity contribution in [2.24, 2.45) is 0 Å². The SMILES string of the molecule is c1nn(C2CCC2)c2c1CNCCO2. The number of nitrogens with one attached hydrogen (secondary N) is 1. The third-order valence-electron chi connectivity index (χ3n) is 3.07. The molecule has 1 fully saturated rings. The van der Waals surface area contributed by atoms with Crippen LogP contribution < -0.4 is 10.1 Å². The van der Waals surface area contributed by atoms with E-state index >= 15 is 0 Å². The van der Waals surface area contributed by atoms with Crippen molar-refractivity contribution in [1.29, 1.82) is 0 Å². The predicted molar refractivity (Wildman–Crippen MR) is 52.3 cm³/mol. The molecule has 1 aliphatic heterocycles. The van der Waals surface area contributed by atoms with Crippen molar-refractivity contribution in [3.63, 3.8) is 0 Å². The first-order valence-electron chi connectivity index (χ1n) is 5.35. The molecule has 0 aromatic carbocycles. The molecule has 1 N–H and O–H groups in total. The molecule has 1 aromatic rings. The Morgan fingerprint density at radius 1 is 1.50 bits per heavy atom. The van der Waals surface area contributed by atoms with Gasteiger partial charge in [-0.25, -0.2) is 4.68 Å². The maximum atomic E-state index is 5.71. The van der Waals surface area contributed by atoms with Gasteiger partial charge in [-0.2, -0.15) is 5.10 Å². The lowest BCUT2D eigenvalue weighted by Gasteiger charge is -2.27. The summed E-state index contributed by atoms with van der Waals surface area (Å²) in [4.78, 5) is 0. The van der Waals surface area contributed by atoms with E-state index in [0.717, 1.165) is 25.6 Å². The fourth-order valence-corrected chi connectivity index (χ4v) is 2.00. The van der Waals surface area contributed by atoms with Crippen molar-refractivity contribution in [2.45, 2.75) is 31.8 Å². The lowest BCUT2D eigenvalue weighted by Crippen LogP contribution is -2.20. The molecular weight excluding hydrogens is 178 g/mol. The number of aromatic nitrogens is 2. The second kappa shape index (κ2) is 3.28. The monoisotopic (exact) mass is 193 g/mol. The van der Waals surface area contributed by atoms with E-state index in [2.05, 4.69) is 15.1 Å². The molecular formula is C10H15N3O. The van der Waals surface area contributed by atoms with Crippen LogP contribution in [-0.2, 0) is 6.54 Å². The molecule has 76 valence electrons.